The van der Waals surface area contributed by atoms with Crippen LogP contribution in [0.3, 0.4) is 0 Å². The number of ether oxygens (including phenoxy) is 1. The van der Waals surface area contributed by atoms with Crippen LogP contribution in [0.4, 0.5) is 11.5 Å². The van der Waals surface area contributed by atoms with E-state index in [1.165, 1.54) is 0 Å². The summed E-state index contributed by atoms with van der Waals surface area (Å²) in [6, 6.07) is 34.6. The second-order valence-corrected chi connectivity index (χ2v) is 10.3. The highest BCUT2D eigenvalue weighted by molar-refractivity contribution is 7.92. The molecule has 37 heavy (non-hydrogen) atoms. The molecule has 4 aromatic carbocycles. The van der Waals surface area contributed by atoms with Gasteiger partial charge in [-0.3, -0.25) is 4.72 Å². The Bertz CT molecular complexity index is 1590. The van der Waals surface area contributed by atoms with E-state index in [-0.39, 0.29) is 6.10 Å². The number of anilines is 2. The standard InChI is InChI=1S/C29H26N4O3S/c1-37(34,35)33-23-18-16-22(17-19-23)28-31-26-15-9-8-14-25(26)29(32-28)30-20-27(21-10-4-2-5-11-21)36-24-12-6-3-7-13-24/h2-19,27,33H,20H2,1H3,(H,30,31,32). The number of rotatable bonds is 9. The molecule has 1 aromatic heterocycles. The Hall–Kier alpha value is -4.43. The van der Waals surface area contributed by atoms with E-state index < -0.39 is 10.0 Å². The molecule has 0 fully saturated rings. The minimum atomic E-state index is -3.35. The van der Waals surface area contributed by atoms with E-state index in [9.17, 15) is 8.42 Å². The molecule has 0 aliphatic carbocycles. The van der Waals surface area contributed by atoms with E-state index in [1.807, 2.05) is 84.9 Å². The van der Waals surface area contributed by atoms with Crippen LogP contribution in [-0.4, -0.2) is 31.2 Å². The van der Waals surface area contributed by atoms with Gasteiger partial charge in [0, 0.05) is 16.6 Å². The van der Waals surface area contributed by atoms with Crippen LogP contribution in [0.1, 0.15) is 11.7 Å². The molecular formula is C29H26N4O3S. The molecule has 0 aliphatic heterocycles. The maximum absolute atomic E-state index is 11.5. The van der Waals surface area contributed by atoms with Gasteiger partial charge in [0.2, 0.25) is 10.0 Å². The second-order valence-electron chi connectivity index (χ2n) is 8.58. The fraction of sp³-hybridized carbons (Fsp3) is 0.103. The van der Waals surface area contributed by atoms with E-state index in [0.717, 1.165) is 34.0 Å². The van der Waals surface area contributed by atoms with Crippen molar-refractivity contribution in [3.8, 4) is 17.1 Å². The Balaban J connectivity index is 1.45. The molecule has 0 amide bonds. The first kappa shape index (κ1) is 24.3. The average molecular weight is 511 g/mol. The van der Waals surface area contributed by atoms with Gasteiger partial charge in [-0.2, -0.15) is 0 Å². The lowest BCUT2D eigenvalue weighted by atomic mass is 10.1. The number of benzene rings is 4. The van der Waals surface area contributed by atoms with E-state index in [4.69, 9.17) is 14.7 Å². The summed E-state index contributed by atoms with van der Waals surface area (Å²) >= 11 is 0. The first-order valence-electron chi connectivity index (χ1n) is 11.8. The number of para-hydroxylation sites is 2. The number of hydrogen-bond acceptors (Lipinski definition) is 6. The zero-order chi connectivity index (χ0) is 25.7. The van der Waals surface area contributed by atoms with Gasteiger partial charge in [0.25, 0.3) is 0 Å². The molecule has 1 heterocycles. The summed E-state index contributed by atoms with van der Waals surface area (Å²) in [6.45, 7) is 0.483. The van der Waals surface area contributed by atoms with Gasteiger partial charge in [0.1, 0.15) is 17.7 Å². The topological polar surface area (TPSA) is 93.2 Å². The van der Waals surface area contributed by atoms with E-state index in [2.05, 4.69) is 10.0 Å². The van der Waals surface area contributed by atoms with Gasteiger partial charge >= 0.3 is 0 Å². The maximum Gasteiger partial charge on any atom is 0.229 e. The largest absolute Gasteiger partial charge is 0.484 e. The SMILES string of the molecule is CS(=O)(=O)Nc1ccc(-c2nc(NCC(Oc3ccccc3)c3ccccc3)c3ccccc3n2)cc1. The number of hydrogen-bond donors (Lipinski definition) is 2. The van der Waals surface area contributed by atoms with Gasteiger partial charge in [-0.1, -0.05) is 60.7 Å². The van der Waals surface area contributed by atoms with E-state index >= 15 is 0 Å². The highest BCUT2D eigenvalue weighted by Crippen LogP contribution is 2.28. The van der Waals surface area contributed by atoms with Crippen LogP contribution in [-0.2, 0) is 10.0 Å². The molecule has 1 unspecified atom stereocenters. The van der Waals surface area contributed by atoms with Crippen molar-refractivity contribution < 1.29 is 13.2 Å². The molecule has 1 atom stereocenters. The van der Waals surface area contributed by atoms with E-state index in [0.29, 0.717) is 23.9 Å². The Morgan fingerprint density at radius 1 is 0.784 bits per heavy atom. The predicted molar refractivity (Wildman–Crippen MR) is 148 cm³/mol. The van der Waals surface area contributed by atoms with Crippen molar-refractivity contribution in [3.05, 3.63) is 115 Å². The number of nitrogens with one attached hydrogen (secondary N) is 2. The van der Waals surface area contributed by atoms with E-state index in [1.54, 1.807) is 24.3 Å². The van der Waals surface area contributed by atoms with Gasteiger partial charge < -0.3 is 10.1 Å². The van der Waals surface area contributed by atoms with Gasteiger partial charge in [-0.05, 0) is 54.1 Å². The monoisotopic (exact) mass is 510 g/mol. The Morgan fingerprint density at radius 3 is 2.14 bits per heavy atom. The summed E-state index contributed by atoms with van der Waals surface area (Å²) in [5.41, 5.74) is 3.10. The van der Waals surface area contributed by atoms with Crippen molar-refractivity contribution in [2.75, 3.05) is 22.8 Å². The third kappa shape index (κ3) is 6.23. The van der Waals surface area contributed by atoms with Crippen LogP contribution in [0.15, 0.2) is 109 Å². The van der Waals surface area contributed by atoms with Crippen LogP contribution in [0, 0.1) is 0 Å². The first-order valence-corrected chi connectivity index (χ1v) is 13.7. The maximum atomic E-state index is 11.5. The molecule has 0 aliphatic rings. The summed E-state index contributed by atoms with van der Waals surface area (Å²) in [7, 11) is -3.35. The molecule has 186 valence electrons. The fourth-order valence-electron chi connectivity index (χ4n) is 3.99. The first-order chi connectivity index (χ1) is 17.9. The third-order valence-electron chi connectivity index (χ3n) is 5.70. The molecular weight excluding hydrogens is 484 g/mol. The van der Waals surface area contributed by atoms with Crippen molar-refractivity contribution in [2.45, 2.75) is 6.10 Å². The van der Waals surface area contributed by atoms with Crippen LogP contribution in [0.2, 0.25) is 0 Å². The second kappa shape index (κ2) is 10.7. The minimum absolute atomic E-state index is 0.248. The number of fused-ring (bicyclic) bond motifs is 1. The molecule has 0 saturated heterocycles. The quantitative estimate of drug-likeness (QED) is 0.256. The summed E-state index contributed by atoms with van der Waals surface area (Å²) in [6.07, 6.45) is 0.873. The zero-order valence-corrected chi connectivity index (χ0v) is 21.0. The Labute approximate surface area is 216 Å². The highest BCUT2D eigenvalue weighted by atomic mass is 32.2. The molecule has 0 radical (unpaired) electrons. The van der Waals surface area contributed by atoms with Gasteiger partial charge in [-0.15, -0.1) is 0 Å². The molecule has 5 aromatic rings. The zero-order valence-electron chi connectivity index (χ0n) is 20.2. The number of aromatic nitrogens is 2. The van der Waals surface area contributed by atoms with Gasteiger partial charge in [0.05, 0.1) is 18.3 Å². The minimum Gasteiger partial charge on any atom is -0.484 e. The lowest BCUT2D eigenvalue weighted by Gasteiger charge is -2.21. The van der Waals surface area contributed by atoms with Gasteiger partial charge in [-0.25, -0.2) is 18.4 Å². The molecule has 0 bridgehead atoms. The number of nitrogens with zero attached hydrogens (tertiary/aromatic N) is 2. The number of sulfonamides is 1. The molecule has 8 heteroatoms. The lowest BCUT2D eigenvalue weighted by Crippen LogP contribution is -2.19. The molecule has 2 N–H and O–H groups in total. The molecule has 7 nitrogen and oxygen atoms in total. The molecule has 0 spiro atoms. The van der Waals surface area contributed by atoms with Crippen LogP contribution in [0.5, 0.6) is 5.75 Å². The average Bonchev–Trinajstić information content (AvgIpc) is 2.91. The summed E-state index contributed by atoms with van der Waals surface area (Å²) < 4.78 is 31.9. The third-order valence-corrected chi connectivity index (χ3v) is 6.30. The molecule has 5 rings (SSSR count). The summed E-state index contributed by atoms with van der Waals surface area (Å²) in [5.74, 6) is 2.01. The smallest absolute Gasteiger partial charge is 0.229 e. The predicted octanol–water partition coefficient (Wildman–Crippen LogP) is 5.90. The summed E-state index contributed by atoms with van der Waals surface area (Å²) in [4.78, 5) is 9.57. The van der Waals surface area contributed by atoms with Crippen LogP contribution >= 0.6 is 0 Å². The van der Waals surface area contributed by atoms with Crippen molar-refractivity contribution in [1.29, 1.82) is 0 Å². The fourth-order valence-corrected chi connectivity index (χ4v) is 4.55. The van der Waals surface area contributed by atoms with Crippen molar-refractivity contribution in [3.63, 3.8) is 0 Å². The summed E-state index contributed by atoms with van der Waals surface area (Å²) in [5, 5.41) is 4.39. The van der Waals surface area contributed by atoms with Crippen molar-refractivity contribution in [2.24, 2.45) is 0 Å². The lowest BCUT2D eigenvalue weighted by molar-refractivity contribution is 0.219. The van der Waals surface area contributed by atoms with Crippen LogP contribution < -0.4 is 14.8 Å². The van der Waals surface area contributed by atoms with Gasteiger partial charge in [0.15, 0.2) is 5.82 Å². The Kier molecular flexibility index (Phi) is 7.00. The Morgan fingerprint density at radius 2 is 1.43 bits per heavy atom. The van der Waals surface area contributed by atoms with Crippen molar-refractivity contribution in [1.82, 2.24) is 9.97 Å². The highest BCUT2D eigenvalue weighted by Gasteiger charge is 2.16. The van der Waals surface area contributed by atoms with Crippen molar-refractivity contribution >= 4 is 32.4 Å². The van der Waals surface area contributed by atoms with Crippen LogP contribution in [0.25, 0.3) is 22.3 Å². The molecule has 0 saturated carbocycles. The normalized spacial score (nSPS) is 12.1.